The van der Waals surface area contributed by atoms with E-state index in [-0.39, 0.29) is 41.6 Å². The van der Waals surface area contributed by atoms with Gasteiger partial charge < -0.3 is 10.4 Å². The third-order valence-electron chi connectivity index (χ3n) is 3.90. The van der Waals surface area contributed by atoms with Gasteiger partial charge in [0.15, 0.2) is 5.78 Å². The van der Waals surface area contributed by atoms with E-state index in [0.717, 1.165) is 4.68 Å². The molecule has 2 heterocycles. The molecular weight excluding hydrogens is 351 g/mol. The number of carbonyl (C=O) groups is 1. The maximum atomic E-state index is 14.1. The van der Waals surface area contributed by atoms with E-state index in [9.17, 15) is 19.1 Å². The van der Waals surface area contributed by atoms with Gasteiger partial charge in [-0.3, -0.25) is 14.6 Å². The Morgan fingerprint density at radius 1 is 1.22 bits per heavy atom. The number of aliphatic hydroxyl groups is 1. The molecule has 0 saturated heterocycles. The van der Waals surface area contributed by atoms with Gasteiger partial charge in [0.1, 0.15) is 17.2 Å². The van der Waals surface area contributed by atoms with E-state index in [1.807, 2.05) is 0 Å². The predicted octanol–water partition coefficient (Wildman–Crippen LogP) is 2.38. The van der Waals surface area contributed by atoms with Crippen molar-refractivity contribution >= 4 is 17.2 Å². The summed E-state index contributed by atoms with van der Waals surface area (Å²) >= 11 is 0. The van der Waals surface area contributed by atoms with Crippen molar-refractivity contribution in [2.24, 2.45) is 0 Å². The molecule has 0 aliphatic rings. The van der Waals surface area contributed by atoms with Gasteiger partial charge in [0, 0.05) is 24.9 Å². The fraction of sp³-hybridized carbons (Fsp3) is 0.158. The second kappa shape index (κ2) is 7.88. The molecule has 0 saturated carbocycles. The number of hydrogen-bond donors (Lipinski definition) is 2. The second-order valence-electron chi connectivity index (χ2n) is 5.75. The fourth-order valence-electron chi connectivity index (χ4n) is 2.68. The van der Waals surface area contributed by atoms with Crippen LogP contribution in [0.25, 0.3) is 11.1 Å². The predicted molar refractivity (Wildman–Crippen MR) is 98.5 cm³/mol. The molecule has 27 heavy (non-hydrogen) atoms. The number of nitrogens with one attached hydrogen (secondary N) is 1. The van der Waals surface area contributed by atoms with E-state index in [4.69, 9.17) is 0 Å². The molecule has 138 valence electrons. The molecule has 7 nitrogen and oxygen atoms in total. The first-order valence-electron chi connectivity index (χ1n) is 8.21. The van der Waals surface area contributed by atoms with Gasteiger partial charge in [-0.1, -0.05) is 12.1 Å². The highest BCUT2D eigenvalue weighted by molar-refractivity contribution is 6.02. The Kier molecular flexibility index (Phi) is 5.37. The van der Waals surface area contributed by atoms with Crippen molar-refractivity contribution in [2.45, 2.75) is 13.5 Å². The molecule has 0 spiro atoms. The number of aliphatic hydroxyl groups excluding tert-OH is 1. The van der Waals surface area contributed by atoms with E-state index in [0.29, 0.717) is 5.56 Å². The van der Waals surface area contributed by atoms with Crippen LogP contribution < -0.4 is 10.9 Å². The van der Waals surface area contributed by atoms with Crippen LogP contribution in [-0.4, -0.2) is 32.3 Å². The molecule has 8 heteroatoms. The number of rotatable bonds is 6. The van der Waals surface area contributed by atoms with E-state index in [2.05, 4.69) is 15.4 Å². The lowest BCUT2D eigenvalue weighted by Crippen LogP contribution is -2.29. The zero-order chi connectivity index (χ0) is 19.4. The van der Waals surface area contributed by atoms with Crippen molar-refractivity contribution < 1.29 is 14.3 Å². The van der Waals surface area contributed by atoms with Gasteiger partial charge in [-0.25, -0.2) is 9.07 Å². The number of anilines is 2. The van der Waals surface area contributed by atoms with Crippen molar-refractivity contribution in [3.05, 3.63) is 70.7 Å². The van der Waals surface area contributed by atoms with Crippen LogP contribution in [0.15, 0.2) is 53.6 Å². The van der Waals surface area contributed by atoms with Crippen molar-refractivity contribution in [1.29, 1.82) is 0 Å². The summed E-state index contributed by atoms with van der Waals surface area (Å²) in [5.74, 6) is -0.919. The lowest BCUT2D eigenvalue weighted by molar-refractivity contribution is 0.101. The van der Waals surface area contributed by atoms with Crippen LogP contribution in [-0.2, 0) is 6.54 Å². The maximum absolute atomic E-state index is 14.1. The van der Waals surface area contributed by atoms with Gasteiger partial charge in [-0.2, -0.15) is 5.10 Å². The number of ketones is 1. The van der Waals surface area contributed by atoms with E-state index in [1.165, 1.54) is 37.5 Å². The summed E-state index contributed by atoms with van der Waals surface area (Å²) in [6.07, 6.45) is 3.04. The minimum absolute atomic E-state index is 0.0000463. The maximum Gasteiger partial charge on any atom is 0.291 e. The van der Waals surface area contributed by atoms with Crippen LogP contribution in [0.5, 0.6) is 0 Å². The molecule has 0 bridgehead atoms. The quantitative estimate of drug-likeness (QED) is 0.649. The first-order valence-corrected chi connectivity index (χ1v) is 8.21. The number of aromatic nitrogens is 3. The van der Waals surface area contributed by atoms with Crippen LogP contribution in [0.3, 0.4) is 0 Å². The van der Waals surface area contributed by atoms with E-state index >= 15 is 0 Å². The first-order chi connectivity index (χ1) is 13.0. The third-order valence-corrected chi connectivity index (χ3v) is 3.90. The Bertz CT molecular complexity index is 1030. The lowest BCUT2D eigenvalue weighted by atomic mass is 10.0. The van der Waals surface area contributed by atoms with Gasteiger partial charge in [-0.15, -0.1) is 0 Å². The average molecular weight is 368 g/mol. The highest BCUT2D eigenvalue weighted by atomic mass is 19.1. The smallest absolute Gasteiger partial charge is 0.291 e. The second-order valence-corrected chi connectivity index (χ2v) is 5.75. The van der Waals surface area contributed by atoms with Crippen molar-refractivity contribution in [2.75, 3.05) is 11.9 Å². The number of para-hydroxylation sites is 1. The molecule has 3 rings (SSSR count). The summed E-state index contributed by atoms with van der Waals surface area (Å²) in [7, 11) is 0. The number of hydrogen-bond acceptors (Lipinski definition) is 6. The summed E-state index contributed by atoms with van der Waals surface area (Å²) in [6, 6.07) is 9.15. The Labute approximate surface area is 154 Å². The molecular formula is C19H17FN4O3. The first kappa shape index (κ1) is 18.4. The Morgan fingerprint density at radius 3 is 2.56 bits per heavy atom. The zero-order valence-electron chi connectivity index (χ0n) is 14.5. The molecule has 2 aromatic heterocycles. The number of Topliss-reactive ketones (excluding diaryl/α,β-unsaturated/α-hetero) is 1. The standard InChI is InChI=1S/C19H17FN4O3/c1-12(26)17-16(13-6-8-21-9-7-13)18(19(27)24(23-17)10-11-25)22-15-5-3-2-4-14(15)20/h2-9,22,25H,10-11H2,1H3. The normalized spacial score (nSPS) is 10.6. The minimum Gasteiger partial charge on any atom is -0.394 e. The number of halogens is 1. The van der Waals surface area contributed by atoms with Gasteiger partial charge in [-0.05, 0) is 29.8 Å². The van der Waals surface area contributed by atoms with Crippen molar-refractivity contribution in [3.8, 4) is 11.1 Å². The summed E-state index contributed by atoms with van der Waals surface area (Å²) < 4.78 is 15.1. The molecule has 0 aliphatic carbocycles. The molecule has 1 aromatic carbocycles. The summed E-state index contributed by atoms with van der Waals surface area (Å²) in [6.45, 7) is 0.896. The number of nitrogens with zero attached hydrogens (tertiary/aromatic N) is 3. The van der Waals surface area contributed by atoms with Crippen LogP contribution in [0, 0.1) is 5.82 Å². The Morgan fingerprint density at radius 2 is 1.93 bits per heavy atom. The van der Waals surface area contributed by atoms with Crippen molar-refractivity contribution in [1.82, 2.24) is 14.8 Å². The van der Waals surface area contributed by atoms with E-state index in [1.54, 1.807) is 18.2 Å². The summed E-state index contributed by atoms with van der Waals surface area (Å²) in [4.78, 5) is 29.1. The zero-order valence-corrected chi connectivity index (χ0v) is 14.5. The molecule has 0 amide bonds. The largest absolute Gasteiger partial charge is 0.394 e. The monoisotopic (exact) mass is 368 g/mol. The Balaban J connectivity index is 2.32. The SMILES string of the molecule is CC(=O)c1nn(CCO)c(=O)c(Nc2ccccc2F)c1-c1ccncc1. The van der Waals surface area contributed by atoms with Crippen molar-refractivity contribution in [3.63, 3.8) is 0 Å². The highest BCUT2D eigenvalue weighted by Crippen LogP contribution is 2.30. The lowest BCUT2D eigenvalue weighted by Gasteiger charge is -2.17. The summed E-state index contributed by atoms with van der Waals surface area (Å²) in [5.41, 5.74) is 0.334. The average Bonchev–Trinajstić information content (AvgIpc) is 2.67. The number of carbonyl (C=O) groups excluding carboxylic acids is 1. The fourth-order valence-corrected chi connectivity index (χ4v) is 2.68. The molecule has 0 radical (unpaired) electrons. The molecule has 0 aliphatic heterocycles. The highest BCUT2D eigenvalue weighted by Gasteiger charge is 2.22. The number of benzene rings is 1. The van der Waals surface area contributed by atoms with Gasteiger partial charge in [0.2, 0.25) is 0 Å². The number of pyridine rings is 1. The van der Waals surface area contributed by atoms with Crippen LogP contribution in [0.1, 0.15) is 17.4 Å². The van der Waals surface area contributed by atoms with Crippen LogP contribution >= 0.6 is 0 Å². The molecule has 2 N–H and O–H groups in total. The van der Waals surface area contributed by atoms with E-state index < -0.39 is 11.4 Å². The molecule has 0 atom stereocenters. The van der Waals surface area contributed by atoms with Gasteiger partial charge in [0.05, 0.1) is 18.8 Å². The van der Waals surface area contributed by atoms with Crippen LogP contribution in [0.2, 0.25) is 0 Å². The summed E-state index contributed by atoms with van der Waals surface area (Å²) in [5, 5.41) is 16.1. The molecule has 0 fully saturated rings. The van der Waals surface area contributed by atoms with Gasteiger partial charge >= 0.3 is 0 Å². The van der Waals surface area contributed by atoms with Crippen LogP contribution in [0.4, 0.5) is 15.8 Å². The third kappa shape index (κ3) is 3.75. The topological polar surface area (TPSA) is 97.1 Å². The Hall–Kier alpha value is -3.39. The van der Waals surface area contributed by atoms with Gasteiger partial charge in [0.25, 0.3) is 5.56 Å². The minimum atomic E-state index is -0.580. The molecule has 3 aromatic rings. The molecule has 0 unspecified atom stereocenters.